The van der Waals surface area contributed by atoms with E-state index >= 15 is 0 Å². The number of hydrogen-bond acceptors (Lipinski definition) is 26. The lowest BCUT2D eigenvalue weighted by Gasteiger charge is -2.24. The molecule has 362 valence electrons. The van der Waals surface area contributed by atoms with Crippen LogP contribution in [0, 0.1) is 0 Å². The molecule has 0 bridgehead atoms. The van der Waals surface area contributed by atoms with Crippen molar-refractivity contribution in [2.75, 3.05) is 63.4 Å². The number of ether oxygens (including phenoxy) is 5. The number of nitrogen functional groups attached to an aromatic ring is 3. The van der Waals surface area contributed by atoms with E-state index in [4.69, 9.17) is 64.1 Å². The average molecular weight is 982 g/mol. The summed E-state index contributed by atoms with van der Waals surface area (Å²) in [6.45, 7) is -1.95. The van der Waals surface area contributed by atoms with Crippen LogP contribution in [0.25, 0.3) is 33.5 Å². The van der Waals surface area contributed by atoms with Crippen molar-refractivity contribution in [1.82, 2.24) is 58.6 Å². The van der Waals surface area contributed by atoms with Crippen LogP contribution in [0.2, 0.25) is 0 Å². The highest BCUT2D eigenvalue weighted by molar-refractivity contribution is 7.47. The predicted molar refractivity (Wildman–Crippen MR) is 222 cm³/mol. The highest BCUT2D eigenvalue weighted by Crippen LogP contribution is 2.53. The second-order valence-electron chi connectivity index (χ2n) is 15.2. The maximum Gasteiger partial charge on any atom is 0.472 e. The Bertz CT molecular complexity index is 2790. The highest BCUT2D eigenvalue weighted by atomic mass is 31.2. The first-order chi connectivity index (χ1) is 32.2. The monoisotopic (exact) mass is 981 g/mol. The van der Waals surface area contributed by atoms with Gasteiger partial charge in [-0.2, -0.15) is 0 Å². The molecule has 31 nitrogen and oxygen atoms in total. The molecule has 2 unspecified atom stereocenters. The van der Waals surface area contributed by atoms with Crippen LogP contribution in [0.5, 0.6) is 0 Å². The summed E-state index contributed by atoms with van der Waals surface area (Å²) >= 11 is 0. The van der Waals surface area contributed by atoms with E-state index in [1.165, 1.54) is 51.7 Å². The van der Waals surface area contributed by atoms with Crippen LogP contribution >= 0.6 is 15.6 Å². The molecule has 6 aromatic rings. The van der Waals surface area contributed by atoms with Gasteiger partial charge in [0.05, 0.1) is 77.4 Å². The van der Waals surface area contributed by atoms with Crippen molar-refractivity contribution in [3.8, 4) is 0 Å². The van der Waals surface area contributed by atoms with Crippen molar-refractivity contribution in [3.05, 3.63) is 38.0 Å². The lowest BCUT2D eigenvalue weighted by atomic mass is 10.1. The maximum absolute atomic E-state index is 13.8. The molecule has 0 saturated carbocycles. The van der Waals surface area contributed by atoms with Gasteiger partial charge in [0, 0.05) is 12.8 Å². The third-order valence-corrected chi connectivity index (χ3v) is 12.9. The van der Waals surface area contributed by atoms with Crippen LogP contribution in [0.4, 0.5) is 17.5 Å². The first kappa shape index (κ1) is 47.0. The number of aliphatic hydroxyl groups is 3. The maximum atomic E-state index is 13.8. The number of nitrogens with two attached hydrogens (primary N) is 3. The summed E-state index contributed by atoms with van der Waals surface area (Å²) in [5.74, 6) is 0.196. The summed E-state index contributed by atoms with van der Waals surface area (Å²) in [5.41, 5.74) is 19.2. The number of phosphoric ester groups is 2. The standard InChI is InChI=1S/C34H45N15O16P2/c35-26-21-29(41-10-38-26)47(13-44-21)32-18(5-16(7-51)61-32)64-66(53,54)59-8-17-6-19(33(62-17)48-14-45-22-27(36)39-11-42-30(22)48)65-67(55,56)60-9-20-25(58-4-3-57-2-1-50)24(52)34(63-20)49-15-46-23-28(37)40-12-43-31(23)49/h10-20,24-25,32-34,50-52H,1-9H2,(H,53,54)(H,55,56)(H2,35,38,41)(H2,36,39,42)(H2,37,40,43)/t16-,17-,18+,19+,20+,24+,25+,32+,33+,34+/m0/s1. The van der Waals surface area contributed by atoms with Crippen molar-refractivity contribution in [3.63, 3.8) is 0 Å². The van der Waals surface area contributed by atoms with Gasteiger partial charge in [0.2, 0.25) is 0 Å². The van der Waals surface area contributed by atoms with Crippen molar-refractivity contribution >= 4 is 66.6 Å². The molecule has 3 fully saturated rings. The number of phosphoric acid groups is 2. The fraction of sp³-hybridized carbons (Fsp3) is 0.559. The van der Waals surface area contributed by atoms with E-state index in [1.54, 1.807) is 0 Å². The van der Waals surface area contributed by atoms with E-state index in [1.807, 2.05) is 0 Å². The molecule has 3 aliphatic heterocycles. The molecule has 0 aromatic carbocycles. The highest BCUT2D eigenvalue weighted by Gasteiger charge is 2.49. The third-order valence-electron chi connectivity index (χ3n) is 10.9. The molecular formula is C34H45N15O16P2. The summed E-state index contributed by atoms with van der Waals surface area (Å²) in [6, 6.07) is 0. The lowest BCUT2D eigenvalue weighted by molar-refractivity contribution is -0.0760. The molecule has 9 rings (SSSR count). The van der Waals surface area contributed by atoms with Crippen LogP contribution in [0.3, 0.4) is 0 Å². The van der Waals surface area contributed by atoms with Gasteiger partial charge < -0.3 is 66.0 Å². The lowest BCUT2D eigenvalue weighted by Crippen LogP contribution is -2.37. The van der Waals surface area contributed by atoms with Crippen molar-refractivity contribution in [2.45, 2.75) is 74.3 Å². The molecule has 33 heteroatoms. The summed E-state index contributed by atoms with van der Waals surface area (Å²) in [7, 11) is -10.1. The molecule has 3 saturated heterocycles. The molecule has 12 atom stereocenters. The number of aliphatic hydroxyl groups excluding tert-OH is 3. The van der Waals surface area contributed by atoms with Crippen LogP contribution in [0.1, 0.15) is 31.5 Å². The van der Waals surface area contributed by atoms with Crippen molar-refractivity contribution in [1.29, 1.82) is 0 Å². The van der Waals surface area contributed by atoms with Gasteiger partial charge in [0.15, 0.2) is 53.1 Å². The zero-order valence-corrected chi connectivity index (χ0v) is 36.6. The Balaban J connectivity index is 0.898. The van der Waals surface area contributed by atoms with Crippen LogP contribution in [-0.2, 0) is 50.9 Å². The first-order valence-corrected chi connectivity index (χ1v) is 23.4. The van der Waals surface area contributed by atoms with Gasteiger partial charge in [-0.05, 0) is 0 Å². The molecule has 0 aliphatic carbocycles. The Morgan fingerprint density at radius 2 is 1.10 bits per heavy atom. The molecule has 67 heavy (non-hydrogen) atoms. The molecule has 9 heterocycles. The average Bonchev–Trinajstić information content (AvgIpc) is 4.16. The minimum absolute atomic E-state index is 0.0271. The van der Waals surface area contributed by atoms with Crippen LogP contribution in [-0.4, -0.2) is 173 Å². The molecule has 0 spiro atoms. The number of aromatic nitrogens is 12. The molecule has 11 N–H and O–H groups in total. The zero-order valence-electron chi connectivity index (χ0n) is 34.8. The number of hydrogen-bond donors (Lipinski definition) is 8. The Morgan fingerprint density at radius 1 is 0.627 bits per heavy atom. The van der Waals surface area contributed by atoms with Gasteiger partial charge in [-0.3, -0.25) is 31.8 Å². The fourth-order valence-electron chi connectivity index (χ4n) is 7.95. The zero-order chi connectivity index (χ0) is 47.0. The first-order valence-electron chi connectivity index (χ1n) is 20.4. The van der Waals surface area contributed by atoms with Crippen LogP contribution < -0.4 is 17.2 Å². The van der Waals surface area contributed by atoms with Gasteiger partial charge in [-0.1, -0.05) is 0 Å². The van der Waals surface area contributed by atoms with E-state index in [2.05, 4.69) is 44.9 Å². The van der Waals surface area contributed by atoms with E-state index in [0.29, 0.717) is 0 Å². The Kier molecular flexibility index (Phi) is 13.7. The van der Waals surface area contributed by atoms with E-state index in [0.717, 1.165) is 0 Å². The number of imidazole rings is 3. The third kappa shape index (κ3) is 9.81. The number of nitrogens with zero attached hydrogens (tertiary/aromatic N) is 12. The van der Waals surface area contributed by atoms with Gasteiger partial charge in [0.25, 0.3) is 0 Å². The summed E-state index contributed by atoms with van der Waals surface area (Å²) < 4.78 is 83.2. The van der Waals surface area contributed by atoms with Crippen LogP contribution in [0.15, 0.2) is 38.0 Å². The van der Waals surface area contributed by atoms with E-state index in [9.17, 15) is 29.1 Å². The quantitative estimate of drug-likeness (QED) is 0.0318. The normalized spacial score (nSPS) is 28.5. The van der Waals surface area contributed by atoms with Gasteiger partial charge >= 0.3 is 15.6 Å². The van der Waals surface area contributed by atoms with Gasteiger partial charge in [-0.25, -0.2) is 54.0 Å². The molecule has 0 amide bonds. The Labute approximate surface area is 376 Å². The number of fused-ring (bicyclic) bond motifs is 3. The molecular weight excluding hydrogens is 936 g/mol. The topological polar surface area (TPSA) is 427 Å². The van der Waals surface area contributed by atoms with Gasteiger partial charge in [-0.15, -0.1) is 0 Å². The van der Waals surface area contributed by atoms with Crippen molar-refractivity contribution < 1.29 is 76.0 Å². The molecule has 3 aliphatic rings. The van der Waals surface area contributed by atoms with E-state index < -0.39 is 96.9 Å². The smallest absolute Gasteiger partial charge is 0.394 e. The molecule has 0 radical (unpaired) electrons. The molecule has 6 aromatic heterocycles. The van der Waals surface area contributed by atoms with Gasteiger partial charge in [0.1, 0.15) is 66.1 Å². The summed E-state index contributed by atoms with van der Waals surface area (Å²) in [5, 5.41) is 30.4. The van der Waals surface area contributed by atoms with E-state index in [-0.39, 0.29) is 90.2 Å². The minimum atomic E-state index is -5.10. The summed E-state index contributed by atoms with van der Waals surface area (Å²) in [4.78, 5) is 59.3. The Hall–Kier alpha value is -5.05. The SMILES string of the molecule is Nc1ncnc2c1ncn2[C@@H]1O[C@H](COP(=O)(O)O[C@@H]2C[C@@H](COP(=O)(O)O[C@@H]3C[C@@H](CO)O[C@H]3n3cnc4c(N)ncnc43)O[C@H]2n2cnc3c(N)ncnc32)[C@@H](OCCOCCO)[C@H]1O. The second kappa shape index (κ2) is 19.5. The number of rotatable bonds is 20. The summed E-state index contributed by atoms with van der Waals surface area (Å²) in [6.07, 6.45) is -4.48. The largest absolute Gasteiger partial charge is 0.472 e. The Morgan fingerprint density at radius 3 is 1.61 bits per heavy atom. The fourth-order valence-corrected chi connectivity index (χ4v) is 9.83. The number of anilines is 3. The minimum Gasteiger partial charge on any atom is -0.394 e. The predicted octanol–water partition coefficient (Wildman–Crippen LogP) is -1.52. The second-order valence-corrected chi connectivity index (χ2v) is 18.1. The van der Waals surface area contributed by atoms with Crippen molar-refractivity contribution in [2.24, 2.45) is 0 Å².